The van der Waals surface area contributed by atoms with Gasteiger partial charge in [0.1, 0.15) is 23.0 Å². The Morgan fingerprint density at radius 3 is 2.79 bits per heavy atom. The van der Waals surface area contributed by atoms with Crippen LogP contribution in [0.2, 0.25) is 5.02 Å². The number of anilines is 2. The van der Waals surface area contributed by atoms with Gasteiger partial charge in [-0.1, -0.05) is 41.9 Å². The van der Waals surface area contributed by atoms with Gasteiger partial charge in [-0.15, -0.1) is 0 Å². The summed E-state index contributed by atoms with van der Waals surface area (Å²) in [6.45, 7) is 9.30. The van der Waals surface area contributed by atoms with E-state index in [0.29, 0.717) is 16.5 Å². The van der Waals surface area contributed by atoms with E-state index < -0.39 is 0 Å². The van der Waals surface area contributed by atoms with Gasteiger partial charge in [-0.2, -0.15) is 5.10 Å². The van der Waals surface area contributed by atoms with E-state index in [4.69, 9.17) is 28.9 Å². The Hall–Kier alpha value is -3.70. The molecule has 8 nitrogen and oxygen atoms in total. The number of nitrogens with zero attached hydrogens (tertiary/aromatic N) is 6. The Morgan fingerprint density at radius 1 is 1.25 bits per heavy atom. The summed E-state index contributed by atoms with van der Waals surface area (Å²) in [4.78, 5) is 16.2. The van der Waals surface area contributed by atoms with Crippen LogP contribution in [-0.4, -0.2) is 24.6 Å². The van der Waals surface area contributed by atoms with Crippen LogP contribution in [0.1, 0.15) is 18.5 Å². The number of nitrogens with one attached hydrogen (secondary N) is 1. The normalized spacial score (nSPS) is 11.9. The average Bonchev–Trinajstić information content (AvgIpc) is 3.08. The highest BCUT2D eigenvalue weighted by Gasteiger charge is 2.19. The van der Waals surface area contributed by atoms with Crippen LogP contribution in [0.15, 0.2) is 49.1 Å². The highest BCUT2D eigenvalue weighted by atomic mass is 35.5. The third kappa shape index (κ3) is 3.08. The van der Waals surface area contributed by atoms with Crippen LogP contribution in [0.4, 0.5) is 17.3 Å². The van der Waals surface area contributed by atoms with Crippen molar-refractivity contribution in [2.24, 2.45) is 0 Å². The van der Waals surface area contributed by atoms with Gasteiger partial charge in [-0.05, 0) is 6.92 Å². The van der Waals surface area contributed by atoms with Crippen LogP contribution >= 0.6 is 11.6 Å². The molecule has 1 aromatic carbocycles. The predicted octanol–water partition coefficient (Wildman–Crippen LogP) is 4.15. The summed E-state index contributed by atoms with van der Waals surface area (Å²) < 4.78 is 1.63. The minimum atomic E-state index is -0.245. The molecule has 0 aliphatic heterocycles. The Balaban J connectivity index is 1.83. The molecule has 1 atom stereocenters. The zero-order valence-corrected chi connectivity index (χ0v) is 15.6. The van der Waals surface area contributed by atoms with E-state index in [9.17, 15) is 0 Å². The number of halogens is 1. The summed E-state index contributed by atoms with van der Waals surface area (Å²) >= 11 is 6.23. The number of aromatic nitrogens is 5. The third-order valence-electron chi connectivity index (χ3n) is 4.31. The van der Waals surface area contributed by atoms with Crippen LogP contribution in [0.25, 0.3) is 21.7 Å². The summed E-state index contributed by atoms with van der Waals surface area (Å²) in [5, 5.41) is 7.97. The van der Waals surface area contributed by atoms with E-state index in [2.05, 4.69) is 25.2 Å². The molecule has 4 aromatic rings. The second-order valence-electron chi connectivity index (χ2n) is 6.11. The molecule has 0 spiro atoms. The third-order valence-corrected chi connectivity index (χ3v) is 4.57. The fourth-order valence-corrected chi connectivity index (χ4v) is 3.10. The van der Waals surface area contributed by atoms with E-state index in [-0.39, 0.29) is 17.5 Å². The molecule has 138 valence electrons. The minimum absolute atomic E-state index is 0.135. The maximum atomic E-state index is 7.35. The summed E-state index contributed by atoms with van der Waals surface area (Å²) in [6, 6.07) is 9.55. The van der Waals surface area contributed by atoms with Crippen LogP contribution in [0, 0.1) is 6.57 Å². The van der Waals surface area contributed by atoms with Crippen molar-refractivity contribution in [3.63, 3.8) is 0 Å². The number of hydrogen-bond donors (Lipinski definition) is 2. The maximum absolute atomic E-state index is 7.35. The standard InChI is InChI=1S/C19H15ClN8/c1-11(26-18-16(22-2)17(21)23-10-24-18)13-9-28-19(14(20)8-25-28)27-15(13)12-6-4-3-5-7-12/h3-11H,1H3,(H3,21,23,24,26)/t11-/m0/s1. The number of nitrogen functional groups attached to an aromatic ring is 1. The van der Waals surface area contributed by atoms with Crippen molar-refractivity contribution >= 4 is 34.6 Å². The minimum Gasteiger partial charge on any atom is -0.392 e. The smallest absolute Gasteiger partial charge is 0.268 e. The van der Waals surface area contributed by atoms with Crippen molar-refractivity contribution in [2.45, 2.75) is 13.0 Å². The first-order valence-electron chi connectivity index (χ1n) is 8.42. The second kappa shape index (κ2) is 7.13. The zero-order valence-electron chi connectivity index (χ0n) is 14.8. The van der Waals surface area contributed by atoms with Crippen LogP contribution < -0.4 is 11.1 Å². The Labute approximate surface area is 165 Å². The van der Waals surface area contributed by atoms with Gasteiger partial charge in [0.25, 0.3) is 5.69 Å². The van der Waals surface area contributed by atoms with Gasteiger partial charge in [-0.25, -0.2) is 24.3 Å². The maximum Gasteiger partial charge on any atom is 0.268 e. The predicted molar refractivity (Wildman–Crippen MR) is 108 cm³/mol. The highest BCUT2D eigenvalue weighted by molar-refractivity contribution is 6.33. The monoisotopic (exact) mass is 390 g/mol. The van der Waals surface area contributed by atoms with Gasteiger partial charge in [0, 0.05) is 17.3 Å². The lowest BCUT2D eigenvalue weighted by atomic mass is 10.0. The molecular weight excluding hydrogens is 376 g/mol. The molecule has 28 heavy (non-hydrogen) atoms. The van der Waals surface area contributed by atoms with Gasteiger partial charge in [0.05, 0.1) is 24.5 Å². The van der Waals surface area contributed by atoms with E-state index in [1.165, 1.54) is 6.33 Å². The molecule has 0 aliphatic carbocycles. The fraction of sp³-hybridized carbons (Fsp3) is 0.105. The molecule has 0 bridgehead atoms. The Morgan fingerprint density at radius 2 is 2.04 bits per heavy atom. The molecule has 9 heteroatoms. The summed E-state index contributed by atoms with van der Waals surface area (Å²) in [5.41, 5.74) is 9.13. The SMILES string of the molecule is [C-]#[N+]c1c(N)ncnc1N[C@@H](C)c1cn2ncc(Cl)c2nc1-c1ccccc1. The van der Waals surface area contributed by atoms with Crippen molar-refractivity contribution < 1.29 is 0 Å². The van der Waals surface area contributed by atoms with Crippen LogP contribution in [0.3, 0.4) is 0 Å². The molecule has 0 radical (unpaired) electrons. The van der Waals surface area contributed by atoms with E-state index in [0.717, 1.165) is 16.8 Å². The number of fused-ring (bicyclic) bond motifs is 1. The molecular formula is C19H15ClN8. The molecule has 0 amide bonds. The van der Waals surface area contributed by atoms with Crippen molar-refractivity contribution in [1.29, 1.82) is 0 Å². The molecule has 0 fully saturated rings. The van der Waals surface area contributed by atoms with Crippen molar-refractivity contribution in [3.8, 4) is 11.3 Å². The molecule has 0 unspecified atom stereocenters. The van der Waals surface area contributed by atoms with Crippen LogP contribution in [0.5, 0.6) is 0 Å². The molecule has 0 aliphatic rings. The molecule has 0 saturated heterocycles. The number of benzene rings is 1. The van der Waals surface area contributed by atoms with Gasteiger partial charge in [0.2, 0.25) is 0 Å². The van der Waals surface area contributed by atoms with E-state index in [1.807, 2.05) is 43.5 Å². The lowest BCUT2D eigenvalue weighted by Crippen LogP contribution is -2.12. The highest BCUT2D eigenvalue weighted by Crippen LogP contribution is 2.33. The quantitative estimate of drug-likeness (QED) is 0.508. The largest absolute Gasteiger partial charge is 0.392 e. The Bertz CT molecular complexity index is 1200. The summed E-state index contributed by atoms with van der Waals surface area (Å²) in [7, 11) is 0. The Kier molecular flexibility index (Phi) is 4.51. The second-order valence-corrected chi connectivity index (χ2v) is 6.51. The molecule has 3 N–H and O–H groups in total. The van der Waals surface area contributed by atoms with Gasteiger partial charge < -0.3 is 11.1 Å². The first-order chi connectivity index (χ1) is 13.6. The van der Waals surface area contributed by atoms with Crippen molar-refractivity contribution in [3.05, 3.63) is 71.1 Å². The number of hydrogen-bond acceptors (Lipinski definition) is 6. The van der Waals surface area contributed by atoms with Crippen molar-refractivity contribution in [1.82, 2.24) is 24.6 Å². The lowest BCUT2D eigenvalue weighted by Gasteiger charge is -2.19. The van der Waals surface area contributed by atoms with E-state index >= 15 is 0 Å². The molecule has 3 heterocycles. The summed E-state index contributed by atoms with van der Waals surface area (Å²) in [5.74, 6) is 0.503. The number of rotatable bonds is 4. The van der Waals surface area contributed by atoms with E-state index in [1.54, 1.807) is 10.7 Å². The molecule has 0 saturated carbocycles. The molecule has 4 rings (SSSR count). The number of nitrogens with two attached hydrogens (primary N) is 1. The van der Waals surface area contributed by atoms with Crippen molar-refractivity contribution in [2.75, 3.05) is 11.1 Å². The molecule has 3 aromatic heterocycles. The van der Waals surface area contributed by atoms with Crippen LogP contribution in [-0.2, 0) is 0 Å². The zero-order chi connectivity index (χ0) is 19.7. The average molecular weight is 391 g/mol. The van der Waals surface area contributed by atoms with Gasteiger partial charge >= 0.3 is 0 Å². The first-order valence-corrected chi connectivity index (χ1v) is 8.80. The topological polar surface area (TPSA) is 98.4 Å². The van der Waals surface area contributed by atoms with Gasteiger partial charge in [-0.3, -0.25) is 0 Å². The summed E-state index contributed by atoms with van der Waals surface area (Å²) in [6.07, 6.45) is 4.75. The van der Waals surface area contributed by atoms with Gasteiger partial charge in [0.15, 0.2) is 5.65 Å². The fourth-order valence-electron chi connectivity index (χ4n) is 2.93. The lowest BCUT2D eigenvalue weighted by molar-refractivity contribution is 0.831. The first kappa shape index (κ1) is 17.7.